The number of hydrogen-bond acceptors (Lipinski definition) is 4. The van der Waals surface area contributed by atoms with Crippen molar-refractivity contribution in [2.24, 2.45) is 5.92 Å². The van der Waals surface area contributed by atoms with Crippen LogP contribution < -0.4 is 5.32 Å². The molecule has 0 amide bonds. The van der Waals surface area contributed by atoms with E-state index in [4.69, 9.17) is 4.52 Å². The minimum Gasteiger partial charge on any atom is -0.339 e. The van der Waals surface area contributed by atoms with Gasteiger partial charge in [0.05, 0.1) is 0 Å². The van der Waals surface area contributed by atoms with Crippen molar-refractivity contribution in [3.63, 3.8) is 0 Å². The van der Waals surface area contributed by atoms with Crippen LogP contribution in [0.15, 0.2) is 4.52 Å². The standard InChI is InChI=1S/C11H19N3O/c1-4-12-6-8(3)11-13-10(14-15-11)9-5-7(9)2/h7-9,12H,4-6H2,1-3H3. The fourth-order valence-corrected chi connectivity index (χ4v) is 1.73. The molecule has 1 heterocycles. The zero-order chi connectivity index (χ0) is 10.8. The number of rotatable bonds is 5. The van der Waals surface area contributed by atoms with Crippen LogP contribution in [0.4, 0.5) is 0 Å². The van der Waals surface area contributed by atoms with Gasteiger partial charge in [-0.3, -0.25) is 0 Å². The number of nitrogens with zero attached hydrogens (tertiary/aromatic N) is 2. The lowest BCUT2D eigenvalue weighted by Gasteiger charge is -2.05. The minimum absolute atomic E-state index is 0.306. The summed E-state index contributed by atoms with van der Waals surface area (Å²) < 4.78 is 5.27. The Kier molecular flexibility index (Phi) is 3.05. The number of likely N-dealkylation sites (N-methyl/N-ethyl adjacent to an activating group) is 1. The van der Waals surface area contributed by atoms with E-state index in [-0.39, 0.29) is 0 Å². The molecular weight excluding hydrogens is 190 g/mol. The molecule has 4 heteroatoms. The zero-order valence-electron chi connectivity index (χ0n) is 9.66. The molecule has 3 unspecified atom stereocenters. The molecule has 0 aliphatic heterocycles. The molecule has 3 atom stereocenters. The van der Waals surface area contributed by atoms with Gasteiger partial charge >= 0.3 is 0 Å². The summed E-state index contributed by atoms with van der Waals surface area (Å²) in [6.45, 7) is 8.31. The summed E-state index contributed by atoms with van der Waals surface area (Å²) in [5.41, 5.74) is 0. The molecular formula is C11H19N3O. The monoisotopic (exact) mass is 209 g/mol. The first-order valence-corrected chi connectivity index (χ1v) is 5.76. The summed E-state index contributed by atoms with van der Waals surface area (Å²) in [4.78, 5) is 4.46. The third-order valence-corrected chi connectivity index (χ3v) is 3.02. The fraction of sp³-hybridized carbons (Fsp3) is 0.818. The predicted molar refractivity (Wildman–Crippen MR) is 57.8 cm³/mol. The second kappa shape index (κ2) is 4.31. The van der Waals surface area contributed by atoms with Gasteiger partial charge in [0.2, 0.25) is 5.89 Å². The average Bonchev–Trinajstić information content (AvgIpc) is 2.80. The smallest absolute Gasteiger partial charge is 0.230 e. The molecule has 1 aliphatic rings. The fourth-order valence-electron chi connectivity index (χ4n) is 1.73. The molecule has 0 aromatic carbocycles. The van der Waals surface area contributed by atoms with E-state index in [1.807, 2.05) is 0 Å². The summed E-state index contributed by atoms with van der Waals surface area (Å²) >= 11 is 0. The molecule has 1 aromatic rings. The Hall–Kier alpha value is -0.900. The summed E-state index contributed by atoms with van der Waals surface area (Å²) in [5, 5.41) is 7.33. The van der Waals surface area contributed by atoms with Crippen LogP contribution in [0.1, 0.15) is 50.7 Å². The normalized spacial score (nSPS) is 26.6. The summed E-state index contributed by atoms with van der Waals surface area (Å²) in [7, 11) is 0. The van der Waals surface area contributed by atoms with Gasteiger partial charge in [0.15, 0.2) is 5.82 Å². The van der Waals surface area contributed by atoms with Gasteiger partial charge in [-0.25, -0.2) is 0 Å². The SMILES string of the molecule is CCNCC(C)c1nc(C2CC2C)no1. The first-order valence-electron chi connectivity index (χ1n) is 5.76. The summed E-state index contributed by atoms with van der Waals surface area (Å²) in [6, 6.07) is 0. The first-order chi connectivity index (χ1) is 7.22. The van der Waals surface area contributed by atoms with Crippen molar-refractivity contribution in [1.29, 1.82) is 0 Å². The lowest BCUT2D eigenvalue weighted by Crippen LogP contribution is -2.19. The molecule has 1 aliphatic carbocycles. The topological polar surface area (TPSA) is 51.0 Å². The molecule has 1 N–H and O–H groups in total. The maximum atomic E-state index is 5.27. The van der Waals surface area contributed by atoms with E-state index >= 15 is 0 Å². The third kappa shape index (κ3) is 2.37. The van der Waals surface area contributed by atoms with Crippen LogP contribution in [0.2, 0.25) is 0 Å². The van der Waals surface area contributed by atoms with Crippen LogP contribution in [-0.4, -0.2) is 23.2 Å². The Balaban J connectivity index is 1.94. The van der Waals surface area contributed by atoms with Crippen LogP contribution >= 0.6 is 0 Å². The lowest BCUT2D eigenvalue weighted by molar-refractivity contribution is 0.351. The van der Waals surface area contributed by atoms with Gasteiger partial charge in [0.25, 0.3) is 0 Å². The Morgan fingerprint density at radius 2 is 2.33 bits per heavy atom. The van der Waals surface area contributed by atoms with Crippen molar-refractivity contribution in [3.05, 3.63) is 11.7 Å². The number of hydrogen-bond donors (Lipinski definition) is 1. The Morgan fingerprint density at radius 3 is 2.93 bits per heavy atom. The van der Waals surface area contributed by atoms with Gasteiger partial charge in [0.1, 0.15) is 0 Å². The summed E-state index contributed by atoms with van der Waals surface area (Å²) in [5.74, 6) is 3.26. The molecule has 4 nitrogen and oxygen atoms in total. The van der Waals surface area contributed by atoms with Crippen LogP contribution in [0.5, 0.6) is 0 Å². The van der Waals surface area contributed by atoms with E-state index in [2.05, 4.69) is 36.2 Å². The highest BCUT2D eigenvalue weighted by atomic mass is 16.5. The second-order valence-electron chi connectivity index (χ2n) is 4.52. The van der Waals surface area contributed by atoms with E-state index in [1.54, 1.807) is 0 Å². The highest BCUT2D eigenvalue weighted by molar-refractivity contribution is 5.08. The molecule has 1 aromatic heterocycles. The van der Waals surface area contributed by atoms with Crippen LogP contribution in [-0.2, 0) is 0 Å². The van der Waals surface area contributed by atoms with Gasteiger partial charge in [0, 0.05) is 18.4 Å². The van der Waals surface area contributed by atoms with Gasteiger partial charge < -0.3 is 9.84 Å². The molecule has 0 bridgehead atoms. The van der Waals surface area contributed by atoms with E-state index in [1.165, 1.54) is 6.42 Å². The highest BCUT2D eigenvalue weighted by Gasteiger charge is 2.38. The van der Waals surface area contributed by atoms with Crippen molar-refractivity contribution < 1.29 is 4.52 Å². The van der Waals surface area contributed by atoms with E-state index in [0.717, 1.165) is 30.7 Å². The van der Waals surface area contributed by atoms with Gasteiger partial charge in [-0.15, -0.1) is 0 Å². The lowest BCUT2D eigenvalue weighted by atomic mass is 10.2. The van der Waals surface area contributed by atoms with Crippen molar-refractivity contribution >= 4 is 0 Å². The third-order valence-electron chi connectivity index (χ3n) is 3.02. The summed E-state index contributed by atoms with van der Waals surface area (Å²) in [6.07, 6.45) is 1.21. The maximum absolute atomic E-state index is 5.27. The van der Waals surface area contributed by atoms with Crippen molar-refractivity contribution in [2.75, 3.05) is 13.1 Å². The van der Waals surface area contributed by atoms with Crippen molar-refractivity contribution in [2.45, 2.75) is 39.0 Å². The zero-order valence-corrected chi connectivity index (χ0v) is 9.66. The van der Waals surface area contributed by atoms with E-state index in [0.29, 0.717) is 11.8 Å². The predicted octanol–water partition coefficient (Wildman–Crippen LogP) is 1.91. The second-order valence-corrected chi connectivity index (χ2v) is 4.52. The molecule has 84 valence electrons. The molecule has 15 heavy (non-hydrogen) atoms. The molecule has 0 saturated heterocycles. The van der Waals surface area contributed by atoms with E-state index < -0.39 is 0 Å². The minimum atomic E-state index is 0.306. The first kappa shape index (κ1) is 10.6. The molecule has 1 saturated carbocycles. The van der Waals surface area contributed by atoms with E-state index in [9.17, 15) is 0 Å². The molecule has 0 radical (unpaired) electrons. The Labute approximate surface area is 90.4 Å². The maximum Gasteiger partial charge on any atom is 0.230 e. The van der Waals surface area contributed by atoms with Crippen molar-refractivity contribution in [1.82, 2.24) is 15.5 Å². The quantitative estimate of drug-likeness (QED) is 0.804. The van der Waals surface area contributed by atoms with Crippen LogP contribution in [0, 0.1) is 5.92 Å². The number of nitrogens with one attached hydrogen (secondary N) is 1. The highest BCUT2D eigenvalue weighted by Crippen LogP contribution is 2.45. The van der Waals surface area contributed by atoms with Gasteiger partial charge in [-0.05, 0) is 18.9 Å². The van der Waals surface area contributed by atoms with Gasteiger partial charge in [-0.2, -0.15) is 4.98 Å². The molecule has 0 spiro atoms. The Bertz CT molecular complexity index is 323. The van der Waals surface area contributed by atoms with Gasteiger partial charge in [-0.1, -0.05) is 25.9 Å². The molecule has 1 fully saturated rings. The number of aromatic nitrogens is 2. The largest absolute Gasteiger partial charge is 0.339 e. The average molecular weight is 209 g/mol. The van der Waals surface area contributed by atoms with Crippen molar-refractivity contribution in [3.8, 4) is 0 Å². The van der Waals surface area contributed by atoms with Crippen LogP contribution in [0.25, 0.3) is 0 Å². The van der Waals surface area contributed by atoms with Crippen LogP contribution in [0.3, 0.4) is 0 Å². The Morgan fingerprint density at radius 1 is 1.60 bits per heavy atom. The molecule has 2 rings (SSSR count).